The van der Waals surface area contributed by atoms with Gasteiger partial charge in [-0.1, -0.05) is 0 Å². The Hall–Kier alpha value is -1.30. The Labute approximate surface area is 107 Å². The van der Waals surface area contributed by atoms with Crippen molar-refractivity contribution in [2.45, 2.75) is 38.9 Å². The van der Waals surface area contributed by atoms with Gasteiger partial charge in [-0.3, -0.25) is 4.79 Å². The molecule has 0 aromatic rings. The van der Waals surface area contributed by atoms with Crippen molar-refractivity contribution in [3.63, 3.8) is 0 Å². The third-order valence-corrected chi connectivity index (χ3v) is 2.71. The zero-order valence-corrected chi connectivity index (χ0v) is 11.3. The topological polar surface area (TPSA) is 76.1 Å². The number of methoxy groups -OCH3 is 1. The largest absolute Gasteiger partial charge is 0.469 e. The fourth-order valence-corrected chi connectivity index (χ4v) is 1.65. The SMILES string of the molecule is COC(=O)C[C@H](O)C1CN(C(=O)OC(C)(C)C)C1. The van der Waals surface area contributed by atoms with Gasteiger partial charge in [-0.15, -0.1) is 0 Å². The minimum absolute atomic E-state index is 0.0384. The van der Waals surface area contributed by atoms with E-state index in [4.69, 9.17) is 4.74 Å². The number of likely N-dealkylation sites (tertiary alicyclic amines) is 1. The summed E-state index contributed by atoms with van der Waals surface area (Å²) in [5.41, 5.74) is -0.521. The highest BCUT2D eigenvalue weighted by Gasteiger charge is 2.38. The van der Waals surface area contributed by atoms with Crippen LogP contribution in [0.3, 0.4) is 0 Å². The van der Waals surface area contributed by atoms with Gasteiger partial charge in [0.25, 0.3) is 0 Å². The number of rotatable bonds is 3. The van der Waals surface area contributed by atoms with Gasteiger partial charge in [-0.25, -0.2) is 4.79 Å². The van der Waals surface area contributed by atoms with Crippen LogP contribution >= 0.6 is 0 Å². The van der Waals surface area contributed by atoms with Crippen molar-refractivity contribution >= 4 is 12.1 Å². The van der Waals surface area contributed by atoms with Crippen LogP contribution in [0, 0.1) is 5.92 Å². The maximum atomic E-state index is 11.6. The minimum atomic E-state index is -0.767. The molecule has 1 heterocycles. The summed E-state index contributed by atoms with van der Waals surface area (Å²) in [6.07, 6.45) is -1.19. The van der Waals surface area contributed by atoms with Crippen LogP contribution in [0.25, 0.3) is 0 Å². The number of carbonyl (C=O) groups is 2. The molecule has 1 amide bonds. The van der Waals surface area contributed by atoms with Gasteiger partial charge in [0.1, 0.15) is 5.60 Å². The number of hydrogen-bond acceptors (Lipinski definition) is 5. The Morgan fingerprint density at radius 2 is 1.94 bits per heavy atom. The number of esters is 1. The average Bonchev–Trinajstić information content (AvgIpc) is 2.11. The van der Waals surface area contributed by atoms with E-state index in [2.05, 4.69) is 4.74 Å². The number of aliphatic hydroxyl groups excluding tert-OH is 1. The number of ether oxygens (including phenoxy) is 2. The summed E-state index contributed by atoms with van der Waals surface area (Å²) < 4.78 is 9.66. The maximum Gasteiger partial charge on any atom is 0.410 e. The molecule has 1 saturated heterocycles. The van der Waals surface area contributed by atoms with E-state index in [1.165, 1.54) is 12.0 Å². The molecule has 0 unspecified atom stereocenters. The number of hydrogen-bond donors (Lipinski definition) is 1. The molecule has 0 spiro atoms. The molecule has 0 aromatic heterocycles. The highest BCUT2D eigenvalue weighted by atomic mass is 16.6. The second kappa shape index (κ2) is 5.56. The fourth-order valence-electron chi connectivity index (χ4n) is 1.65. The van der Waals surface area contributed by atoms with Crippen LogP contribution in [0.4, 0.5) is 4.79 Å². The van der Waals surface area contributed by atoms with E-state index >= 15 is 0 Å². The van der Waals surface area contributed by atoms with E-state index in [0.29, 0.717) is 13.1 Å². The number of nitrogens with zero attached hydrogens (tertiary/aromatic N) is 1. The Morgan fingerprint density at radius 3 is 2.39 bits per heavy atom. The van der Waals surface area contributed by atoms with Crippen LogP contribution in [0.1, 0.15) is 27.2 Å². The van der Waals surface area contributed by atoms with Gasteiger partial charge in [-0.05, 0) is 20.8 Å². The molecule has 18 heavy (non-hydrogen) atoms. The van der Waals surface area contributed by atoms with Crippen molar-refractivity contribution in [1.82, 2.24) is 4.90 Å². The smallest absolute Gasteiger partial charge is 0.410 e. The summed E-state index contributed by atoms with van der Waals surface area (Å²) in [6.45, 7) is 6.22. The van der Waals surface area contributed by atoms with E-state index in [1.54, 1.807) is 20.8 Å². The predicted octanol–water partition coefficient (Wildman–Crippen LogP) is 0.777. The summed E-state index contributed by atoms with van der Waals surface area (Å²) in [7, 11) is 1.28. The summed E-state index contributed by atoms with van der Waals surface area (Å²) in [5.74, 6) is -0.533. The first-order valence-electron chi connectivity index (χ1n) is 5.95. The van der Waals surface area contributed by atoms with Crippen molar-refractivity contribution in [3.8, 4) is 0 Å². The second-order valence-corrected chi connectivity index (χ2v) is 5.49. The van der Waals surface area contributed by atoms with Gasteiger partial charge >= 0.3 is 12.1 Å². The van der Waals surface area contributed by atoms with Gasteiger partial charge in [0.2, 0.25) is 0 Å². The van der Waals surface area contributed by atoms with Gasteiger partial charge in [0.05, 0.1) is 19.6 Å². The lowest BCUT2D eigenvalue weighted by Crippen LogP contribution is -2.55. The summed E-state index contributed by atoms with van der Waals surface area (Å²) in [6, 6.07) is 0. The molecule has 1 fully saturated rings. The van der Waals surface area contributed by atoms with E-state index in [9.17, 15) is 14.7 Å². The van der Waals surface area contributed by atoms with Gasteiger partial charge in [-0.2, -0.15) is 0 Å². The van der Waals surface area contributed by atoms with Gasteiger partial charge < -0.3 is 19.5 Å². The van der Waals surface area contributed by atoms with E-state index in [-0.39, 0.29) is 18.4 Å². The van der Waals surface area contributed by atoms with Gasteiger partial charge in [0.15, 0.2) is 0 Å². The van der Waals surface area contributed by atoms with Crippen molar-refractivity contribution < 1.29 is 24.2 Å². The molecule has 0 bridgehead atoms. The molecule has 1 rings (SSSR count). The van der Waals surface area contributed by atoms with E-state index < -0.39 is 17.7 Å². The molecule has 1 aliphatic heterocycles. The summed E-state index contributed by atoms with van der Waals surface area (Å²) in [5, 5.41) is 9.72. The Bertz CT molecular complexity index is 317. The molecule has 0 aliphatic carbocycles. The molecule has 1 atom stereocenters. The average molecular weight is 259 g/mol. The van der Waals surface area contributed by atoms with E-state index in [0.717, 1.165) is 0 Å². The zero-order valence-electron chi connectivity index (χ0n) is 11.3. The second-order valence-electron chi connectivity index (χ2n) is 5.49. The van der Waals surface area contributed by atoms with Crippen molar-refractivity contribution in [2.75, 3.05) is 20.2 Å². The quantitative estimate of drug-likeness (QED) is 0.758. The molecule has 0 aromatic carbocycles. The van der Waals surface area contributed by atoms with Crippen LogP contribution in [-0.2, 0) is 14.3 Å². The number of aliphatic hydroxyl groups is 1. The molecular weight excluding hydrogens is 238 g/mol. The lowest BCUT2D eigenvalue weighted by molar-refractivity contribution is -0.144. The molecule has 6 nitrogen and oxygen atoms in total. The maximum absolute atomic E-state index is 11.6. The Morgan fingerprint density at radius 1 is 1.39 bits per heavy atom. The molecular formula is C12H21NO5. The summed E-state index contributed by atoms with van der Waals surface area (Å²) >= 11 is 0. The van der Waals surface area contributed by atoms with Gasteiger partial charge in [0, 0.05) is 19.0 Å². The van der Waals surface area contributed by atoms with Crippen LogP contribution in [0.5, 0.6) is 0 Å². The highest BCUT2D eigenvalue weighted by Crippen LogP contribution is 2.23. The first-order chi connectivity index (χ1) is 8.23. The monoisotopic (exact) mass is 259 g/mol. The zero-order chi connectivity index (χ0) is 13.9. The van der Waals surface area contributed by atoms with Crippen LogP contribution in [0.15, 0.2) is 0 Å². The van der Waals surface area contributed by atoms with Crippen LogP contribution < -0.4 is 0 Å². The first-order valence-corrected chi connectivity index (χ1v) is 5.95. The lowest BCUT2D eigenvalue weighted by atomic mass is 9.92. The fraction of sp³-hybridized carbons (Fsp3) is 0.833. The summed E-state index contributed by atoms with van der Waals surface area (Å²) in [4.78, 5) is 24.1. The third-order valence-electron chi connectivity index (χ3n) is 2.71. The Kier molecular flexibility index (Phi) is 4.56. The number of amides is 1. The molecule has 1 aliphatic rings. The van der Waals surface area contributed by atoms with Crippen molar-refractivity contribution in [3.05, 3.63) is 0 Å². The highest BCUT2D eigenvalue weighted by molar-refractivity contribution is 5.70. The van der Waals surface area contributed by atoms with Crippen LogP contribution in [-0.4, -0.2) is 54.0 Å². The molecule has 104 valence electrons. The Balaban J connectivity index is 2.31. The predicted molar refractivity (Wildman–Crippen MR) is 63.9 cm³/mol. The van der Waals surface area contributed by atoms with Crippen molar-refractivity contribution in [2.24, 2.45) is 5.92 Å². The van der Waals surface area contributed by atoms with Crippen molar-refractivity contribution in [1.29, 1.82) is 0 Å². The van der Waals surface area contributed by atoms with E-state index in [1.807, 2.05) is 0 Å². The third kappa shape index (κ3) is 4.18. The number of carbonyl (C=O) groups excluding carboxylic acids is 2. The first kappa shape index (κ1) is 14.8. The molecule has 0 radical (unpaired) electrons. The standard InChI is InChI=1S/C12H21NO5/c1-12(2,3)18-11(16)13-6-8(7-13)9(14)5-10(15)17-4/h8-9,14H,5-7H2,1-4H3/t9-/m0/s1. The molecule has 0 saturated carbocycles. The molecule has 1 N–H and O–H groups in total. The van der Waals surface area contributed by atoms with Crippen LogP contribution in [0.2, 0.25) is 0 Å². The normalized spacial score (nSPS) is 17.9. The molecule has 6 heteroatoms. The lowest BCUT2D eigenvalue weighted by Gasteiger charge is -2.41. The minimum Gasteiger partial charge on any atom is -0.469 e.